The van der Waals surface area contributed by atoms with Crippen LogP contribution in [0, 0.1) is 12.7 Å². The number of halogens is 2. The number of aryl methyl sites for hydroxylation is 1. The van der Waals surface area contributed by atoms with Gasteiger partial charge in [0.05, 0.1) is 17.1 Å². The fourth-order valence-electron chi connectivity index (χ4n) is 2.60. The Morgan fingerprint density at radius 2 is 1.78 bits per heavy atom. The van der Waals surface area contributed by atoms with Crippen LogP contribution >= 0.6 is 15.9 Å². The van der Waals surface area contributed by atoms with E-state index in [4.69, 9.17) is 0 Å². The molecule has 0 aliphatic rings. The molecule has 0 aliphatic carbocycles. The van der Waals surface area contributed by atoms with Crippen molar-refractivity contribution >= 4 is 26.0 Å². The molecule has 0 saturated heterocycles. The highest BCUT2D eigenvalue weighted by Gasteiger charge is 2.26. The molecular formula is C20H18BrFN2O2S. The quantitative estimate of drug-likeness (QED) is 0.549. The molecule has 3 aromatic rings. The summed E-state index contributed by atoms with van der Waals surface area (Å²) in [4.78, 5) is 4.38. The number of hydrogen-bond donors (Lipinski definition) is 0. The molecule has 27 heavy (non-hydrogen) atoms. The maximum Gasteiger partial charge on any atom is 0.243 e. The molecule has 0 amide bonds. The topological polar surface area (TPSA) is 50.3 Å². The molecule has 0 N–H and O–H groups in total. The molecule has 0 fully saturated rings. The third kappa shape index (κ3) is 4.80. The molecular weight excluding hydrogens is 431 g/mol. The highest BCUT2D eigenvalue weighted by atomic mass is 79.9. The second kappa shape index (κ2) is 8.29. The van der Waals surface area contributed by atoms with Gasteiger partial charge in [-0.15, -0.1) is 0 Å². The molecule has 0 bridgehead atoms. The summed E-state index contributed by atoms with van der Waals surface area (Å²) in [5.74, 6) is -0.463. The fraction of sp³-hybridized carbons (Fsp3) is 0.150. The van der Waals surface area contributed by atoms with Gasteiger partial charge in [-0.2, -0.15) is 4.31 Å². The Hall–Kier alpha value is -2.09. The van der Waals surface area contributed by atoms with Gasteiger partial charge in [-0.1, -0.05) is 45.8 Å². The second-order valence-electron chi connectivity index (χ2n) is 6.14. The molecule has 4 nitrogen and oxygen atoms in total. The average Bonchev–Trinajstić information content (AvgIpc) is 2.64. The third-order valence-corrected chi connectivity index (χ3v) is 6.38. The summed E-state index contributed by atoms with van der Waals surface area (Å²) >= 11 is 3.22. The monoisotopic (exact) mass is 448 g/mol. The summed E-state index contributed by atoms with van der Waals surface area (Å²) in [6, 6.07) is 16.5. The van der Waals surface area contributed by atoms with E-state index in [2.05, 4.69) is 20.9 Å². The molecule has 0 spiro atoms. The van der Waals surface area contributed by atoms with Crippen molar-refractivity contribution in [2.45, 2.75) is 24.9 Å². The minimum Gasteiger partial charge on any atom is -0.260 e. The zero-order chi connectivity index (χ0) is 19.4. The molecule has 140 valence electrons. The van der Waals surface area contributed by atoms with Gasteiger partial charge in [0, 0.05) is 22.8 Å². The van der Waals surface area contributed by atoms with Gasteiger partial charge < -0.3 is 0 Å². The molecule has 0 aliphatic heterocycles. The normalized spacial score (nSPS) is 11.7. The van der Waals surface area contributed by atoms with Crippen LogP contribution in [-0.2, 0) is 23.1 Å². The standard InChI is InChI=1S/C20H18BrFN2O2S/c1-15-5-9-19(10-6-15)27(25,26)24(14-18-4-2-3-11-23-18)13-16-7-8-17(21)12-20(16)22/h2-12H,13-14H2,1H3. The predicted molar refractivity (Wildman–Crippen MR) is 106 cm³/mol. The van der Waals surface area contributed by atoms with Crippen molar-refractivity contribution in [2.75, 3.05) is 0 Å². The SMILES string of the molecule is Cc1ccc(S(=O)(=O)N(Cc2ccccn2)Cc2ccc(Br)cc2F)cc1. The molecule has 0 atom stereocenters. The van der Waals surface area contributed by atoms with Gasteiger partial charge in [-0.05, 0) is 43.3 Å². The first-order valence-electron chi connectivity index (χ1n) is 8.27. The van der Waals surface area contributed by atoms with E-state index >= 15 is 0 Å². The Bertz CT molecular complexity index is 1030. The smallest absolute Gasteiger partial charge is 0.243 e. The highest BCUT2D eigenvalue weighted by Crippen LogP contribution is 2.23. The zero-order valence-corrected chi connectivity index (χ0v) is 17.0. The van der Waals surface area contributed by atoms with Crippen LogP contribution in [0.4, 0.5) is 4.39 Å². The highest BCUT2D eigenvalue weighted by molar-refractivity contribution is 9.10. The molecule has 7 heteroatoms. The van der Waals surface area contributed by atoms with Crippen molar-refractivity contribution < 1.29 is 12.8 Å². The van der Waals surface area contributed by atoms with Gasteiger partial charge in [0.2, 0.25) is 10.0 Å². The van der Waals surface area contributed by atoms with E-state index in [9.17, 15) is 12.8 Å². The summed E-state index contributed by atoms with van der Waals surface area (Å²) < 4.78 is 42.6. The summed E-state index contributed by atoms with van der Waals surface area (Å²) in [5, 5.41) is 0. The number of pyridine rings is 1. The first-order chi connectivity index (χ1) is 12.9. The Kier molecular flexibility index (Phi) is 6.04. The van der Waals surface area contributed by atoms with Crippen LogP contribution in [-0.4, -0.2) is 17.7 Å². The van der Waals surface area contributed by atoms with Gasteiger partial charge in [0.25, 0.3) is 0 Å². The Labute approximate surface area is 166 Å². The number of aromatic nitrogens is 1. The summed E-state index contributed by atoms with van der Waals surface area (Å²) in [7, 11) is -3.83. The number of nitrogens with zero attached hydrogens (tertiary/aromatic N) is 2. The lowest BCUT2D eigenvalue weighted by Crippen LogP contribution is -2.31. The lowest BCUT2D eigenvalue weighted by atomic mass is 10.2. The maximum atomic E-state index is 14.3. The molecule has 0 radical (unpaired) electrons. The molecule has 1 aromatic heterocycles. The van der Waals surface area contributed by atoms with E-state index < -0.39 is 15.8 Å². The first-order valence-corrected chi connectivity index (χ1v) is 10.5. The van der Waals surface area contributed by atoms with Crippen LogP contribution in [0.1, 0.15) is 16.8 Å². The van der Waals surface area contributed by atoms with Crippen LogP contribution in [0.25, 0.3) is 0 Å². The van der Waals surface area contributed by atoms with Crippen molar-refractivity contribution in [3.8, 4) is 0 Å². The summed E-state index contributed by atoms with van der Waals surface area (Å²) in [6.45, 7) is 1.84. The third-order valence-electron chi connectivity index (χ3n) is 4.09. The van der Waals surface area contributed by atoms with Crippen LogP contribution in [0.3, 0.4) is 0 Å². The van der Waals surface area contributed by atoms with E-state index in [1.54, 1.807) is 60.8 Å². The van der Waals surface area contributed by atoms with Crippen LogP contribution < -0.4 is 0 Å². The summed E-state index contributed by atoms with van der Waals surface area (Å²) in [5.41, 5.74) is 1.85. The average molecular weight is 449 g/mol. The zero-order valence-electron chi connectivity index (χ0n) is 14.6. The molecule has 1 heterocycles. The Morgan fingerprint density at radius 1 is 1.04 bits per heavy atom. The lowest BCUT2D eigenvalue weighted by Gasteiger charge is -2.22. The number of rotatable bonds is 6. The largest absolute Gasteiger partial charge is 0.260 e. The van der Waals surface area contributed by atoms with Gasteiger partial charge >= 0.3 is 0 Å². The minimum absolute atomic E-state index is 0.0482. The van der Waals surface area contributed by atoms with Crippen LogP contribution in [0.2, 0.25) is 0 Å². The van der Waals surface area contributed by atoms with E-state index in [0.29, 0.717) is 15.7 Å². The number of benzene rings is 2. The van der Waals surface area contributed by atoms with Crippen molar-refractivity contribution in [3.63, 3.8) is 0 Å². The Balaban J connectivity index is 1.99. The molecule has 0 unspecified atom stereocenters. The second-order valence-corrected chi connectivity index (χ2v) is 9.00. The maximum absolute atomic E-state index is 14.3. The fourth-order valence-corrected chi connectivity index (χ4v) is 4.32. The van der Waals surface area contributed by atoms with Gasteiger partial charge in [0.15, 0.2) is 0 Å². The molecule has 3 rings (SSSR count). The van der Waals surface area contributed by atoms with Crippen molar-refractivity contribution in [3.05, 3.63) is 94.0 Å². The van der Waals surface area contributed by atoms with E-state index in [1.165, 1.54) is 10.4 Å². The van der Waals surface area contributed by atoms with Crippen LogP contribution in [0.15, 0.2) is 76.2 Å². The molecule has 2 aromatic carbocycles. The van der Waals surface area contributed by atoms with E-state index in [1.807, 2.05) is 6.92 Å². The van der Waals surface area contributed by atoms with Gasteiger partial charge in [0.1, 0.15) is 5.82 Å². The first kappa shape index (κ1) is 19.7. The van der Waals surface area contributed by atoms with Crippen molar-refractivity contribution in [1.29, 1.82) is 0 Å². The van der Waals surface area contributed by atoms with Gasteiger partial charge in [-0.3, -0.25) is 4.98 Å². The van der Waals surface area contributed by atoms with Crippen molar-refractivity contribution in [2.24, 2.45) is 0 Å². The Morgan fingerprint density at radius 3 is 2.41 bits per heavy atom. The number of hydrogen-bond acceptors (Lipinski definition) is 3. The van der Waals surface area contributed by atoms with Crippen LogP contribution in [0.5, 0.6) is 0 Å². The minimum atomic E-state index is -3.83. The lowest BCUT2D eigenvalue weighted by molar-refractivity contribution is 0.390. The predicted octanol–water partition coefficient (Wildman–Crippen LogP) is 4.68. The van der Waals surface area contributed by atoms with E-state index in [0.717, 1.165) is 5.56 Å². The van der Waals surface area contributed by atoms with Gasteiger partial charge in [-0.25, -0.2) is 12.8 Å². The molecule has 0 saturated carbocycles. The van der Waals surface area contributed by atoms with Crippen molar-refractivity contribution in [1.82, 2.24) is 9.29 Å². The van der Waals surface area contributed by atoms with E-state index in [-0.39, 0.29) is 18.0 Å². The number of sulfonamides is 1. The summed E-state index contributed by atoms with van der Waals surface area (Å²) in [6.07, 6.45) is 1.60.